The van der Waals surface area contributed by atoms with Gasteiger partial charge in [-0.25, -0.2) is 4.79 Å². The first-order valence-electron chi connectivity index (χ1n) is 7.20. The molecular formula is C17H18O3. The van der Waals surface area contributed by atoms with Crippen LogP contribution in [0.2, 0.25) is 0 Å². The fourth-order valence-electron chi connectivity index (χ4n) is 3.29. The van der Waals surface area contributed by atoms with Crippen LogP contribution in [-0.4, -0.2) is 11.8 Å². The second-order valence-corrected chi connectivity index (χ2v) is 5.60. The Kier molecular flexibility index (Phi) is 3.43. The quantitative estimate of drug-likeness (QED) is 0.612. The minimum Gasteiger partial charge on any atom is -0.446 e. The van der Waals surface area contributed by atoms with Gasteiger partial charge in [-0.3, -0.25) is 4.79 Å². The topological polar surface area (TPSA) is 43.4 Å². The van der Waals surface area contributed by atoms with E-state index >= 15 is 0 Å². The fourth-order valence-corrected chi connectivity index (χ4v) is 3.29. The molecule has 1 heterocycles. The van der Waals surface area contributed by atoms with Gasteiger partial charge in [0.2, 0.25) is 0 Å². The summed E-state index contributed by atoms with van der Waals surface area (Å²) in [5.74, 6) is 0.00676. The molecule has 0 saturated heterocycles. The Morgan fingerprint density at radius 3 is 2.60 bits per heavy atom. The molecule has 2 atom stereocenters. The van der Waals surface area contributed by atoms with Gasteiger partial charge in [-0.15, -0.1) is 0 Å². The third-order valence-corrected chi connectivity index (χ3v) is 4.30. The molecule has 1 fully saturated rings. The third kappa shape index (κ3) is 2.28. The second kappa shape index (κ2) is 5.23. The molecule has 0 unspecified atom stereocenters. The number of carbonyl (C=O) groups excluding carboxylic acids is 2. The van der Waals surface area contributed by atoms with Gasteiger partial charge in [0.25, 0.3) is 0 Å². The summed E-state index contributed by atoms with van der Waals surface area (Å²) >= 11 is 0. The van der Waals surface area contributed by atoms with Crippen LogP contribution in [0.4, 0.5) is 0 Å². The average Bonchev–Trinajstić information content (AvgIpc) is 2.73. The highest BCUT2D eigenvalue weighted by Crippen LogP contribution is 2.44. The first kappa shape index (κ1) is 13.1. The molecule has 3 nitrogen and oxygen atoms in total. The molecule has 0 bridgehead atoms. The molecule has 20 heavy (non-hydrogen) atoms. The van der Waals surface area contributed by atoms with Gasteiger partial charge in [-0.2, -0.15) is 0 Å². The molecule has 1 aliphatic heterocycles. The molecule has 0 N–H and O–H groups in total. The molecule has 3 heteroatoms. The Morgan fingerprint density at radius 1 is 1.10 bits per heavy atom. The summed E-state index contributed by atoms with van der Waals surface area (Å²) in [6, 6.07) is 9.76. The standard InChI is InChI=1S/C17H18O3/c18-15-9-5-4-8-14(12-15)17(11-10-16(19)20-17)13-6-2-1-3-7-13/h1-3,6-7,10-11,14H,4-5,8-9,12H2/t14-,17+/m0/s1. The summed E-state index contributed by atoms with van der Waals surface area (Å²) in [6.07, 6.45) is 7.34. The Labute approximate surface area is 118 Å². The van der Waals surface area contributed by atoms with E-state index in [0.717, 1.165) is 24.8 Å². The molecule has 1 saturated carbocycles. The predicted molar refractivity (Wildman–Crippen MR) is 74.9 cm³/mol. The second-order valence-electron chi connectivity index (χ2n) is 5.60. The zero-order chi connectivity index (χ0) is 14.0. The molecule has 2 aliphatic rings. The van der Waals surface area contributed by atoms with Crippen molar-refractivity contribution in [3.05, 3.63) is 48.0 Å². The molecule has 0 radical (unpaired) electrons. The number of rotatable bonds is 2. The smallest absolute Gasteiger partial charge is 0.331 e. The highest BCUT2D eigenvalue weighted by molar-refractivity contribution is 5.86. The van der Waals surface area contributed by atoms with Crippen LogP contribution < -0.4 is 0 Å². The molecule has 0 spiro atoms. The van der Waals surface area contributed by atoms with Crippen LogP contribution in [-0.2, 0) is 19.9 Å². The van der Waals surface area contributed by atoms with E-state index < -0.39 is 5.60 Å². The van der Waals surface area contributed by atoms with Crippen LogP contribution in [0.5, 0.6) is 0 Å². The molecule has 0 amide bonds. The zero-order valence-corrected chi connectivity index (χ0v) is 11.4. The van der Waals surface area contributed by atoms with E-state index in [-0.39, 0.29) is 17.7 Å². The van der Waals surface area contributed by atoms with Crippen molar-refractivity contribution in [1.82, 2.24) is 0 Å². The number of ether oxygens (including phenoxy) is 1. The van der Waals surface area contributed by atoms with Crippen molar-refractivity contribution in [2.45, 2.75) is 37.7 Å². The lowest BCUT2D eigenvalue weighted by atomic mass is 9.77. The summed E-state index contributed by atoms with van der Waals surface area (Å²) in [5, 5.41) is 0. The number of esters is 1. The maximum absolute atomic E-state index is 11.9. The van der Waals surface area contributed by atoms with E-state index in [0.29, 0.717) is 12.8 Å². The van der Waals surface area contributed by atoms with Crippen LogP contribution in [0, 0.1) is 5.92 Å². The van der Waals surface area contributed by atoms with Gasteiger partial charge in [-0.1, -0.05) is 36.8 Å². The number of cyclic esters (lactones) is 1. The van der Waals surface area contributed by atoms with Crippen molar-refractivity contribution in [2.24, 2.45) is 5.92 Å². The summed E-state index contributed by atoms with van der Waals surface area (Å²) in [6.45, 7) is 0. The Bertz CT molecular complexity index is 547. The third-order valence-electron chi connectivity index (χ3n) is 4.30. The van der Waals surface area contributed by atoms with Gasteiger partial charge in [0.1, 0.15) is 5.78 Å². The zero-order valence-electron chi connectivity index (χ0n) is 11.4. The lowest BCUT2D eigenvalue weighted by Gasteiger charge is -2.34. The van der Waals surface area contributed by atoms with Crippen molar-refractivity contribution in [3.63, 3.8) is 0 Å². The van der Waals surface area contributed by atoms with Crippen LogP contribution >= 0.6 is 0 Å². The maximum atomic E-state index is 11.9. The summed E-state index contributed by atoms with van der Waals surface area (Å²) in [4.78, 5) is 23.6. The maximum Gasteiger partial charge on any atom is 0.331 e. The number of hydrogen-bond donors (Lipinski definition) is 0. The molecule has 1 aromatic rings. The van der Waals surface area contributed by atoms with Crippen molar-refractivity contribution in [1.29, 1.82) is 0 Å². The summed E-state index contributed by atoms with van der Waals surface area (Å²) < 4.78 is 5.68. The number of hydrogen-bond acceptors (Lipinski definition) is 3. The van der Waals surface area contributed by atoms with Crippen molar-refractivity contribution in [2.75, 3.05) is 0 Å². The molecule has 1 aromatic carbocycles. The molecule has 3 rings (SSSR count). The highest BCUT2D eigenvalue weighted by atomic mass is 16.6. The average molecular weight is 270 g/mol. The van der Waals surface area contributed by atoms with Crippen molar-refractivity contribution in [3.8, 4) is 0 Å². The monoisotopic (exact) mass is 270 g/mol. The SMILES string of the molecule is O=C1CCCC[C@H]([C@]2(c3ccccc3)C=CC(=O)O2)C1. The molecular weight excluding hydrogens is 252 g/mol. The number of ketones is 1. The van der Waals surface area contributed by atoms with Crippen LogP contribution in [0.3, 0.4) is 0 Å². The molecule has 104 valence electrons. The van der Waals surface area contributed by atoms with Gasteiger partial charge in [0, 0.05) is 24.8 Å². The minimum absolute atomic E-state index is 0.0441. The van der Waals surface area contributed by atoms with Gasteiger partial charge in [0.15, 0.2) is 5.60 Å². The summed E-state index contributed by atoms with van der Waals surface area (Å²) in [7, 11) is 0. The van der Waals surface area contributed by atoms with Crippen LogP contribution in [0.25, 0.3) is 0 Å². The van der Waals surface area contributed by atoms with Crippen molar-refractivity contribution >= 4 is 11.8 Å². The Morgan fingerprint density at radius 2 is 1.90 bits per heavy atom. The van der Waals surface area contributed by atoms with Crippen molar-refractivity contribution < 1.29 is 14.3 Å². The van der Waals surface area contributed by atoms with Crippen LogP contribution in [0.1, 0.15) is 37.7 Å². The lowest BCUT2D eigenvalue weighted by molar-refractivity contribution is -0.152. The van der Waals surface area contributed by atoms with Gasteiger partial charge in [-0.05, 0) is 24.5 Å². The predicted octanol–water partition coefficient (Wildman–Crippen LogP) is 3.14. The van der Waals surface area contributed by atoms with Gasteiger partial charge < -0.3 is 4.74 Å². The van der Waals surface area contributed by atoms with Gasteiger partial charge in [0.05, 0.1) is 0 Å². The van der Waals surface area contributed by atoms with E-state index in [9.17, 15) is 9.59 Å². The Hall–Kier alpha value is -1.90. The number of Topliss-reactive ketones (excluding diaryl/α,β-unsaturated/α-hetero) is 1. The first-order chi connectivity index (χ1) is 9.71. The van der Waals surface area contributed by atoms with E-state index in [2.05, 4.69) is 0 Å². The number of carbonyl (C=O) groups is 2. The van der Waals surface area contributed by atoms with Gasteiger partial charge >= 0.3 is 5.97 Å². The largest absolute Gasteiger partial charge is 0.446 e. The van der Waals surface area contributed by atoms with E-state index in [1.807, 2.05) is 36.4 Å². The van der Waals surface area contributed by atoms with E-state index in [1.165, 1.54) is 6.08 Å². The number of benzene rings is 1. The van der Waals surface area contributed by atoms with E-state index in [4.69, 9.17) is 4.74 Å². The minimum atomic E-state index is -0.752. The van der Waals surface area contributed by atoms with Crippen LogP contribution in [0.15, 0.2) is 42.5 Å². The first-order valence-corrected chi connectivity index (χ1v) is 7.20. The molecule has 1 aliphatic carbocycles. The fraction of sp³-hybridized carbons (Fsp3) is 0.412. The summed E-state index contributed by atoms with van der Waals surface area (Å²) in [5.41, 5.74) is 0.208. The Balaban J connectivity index is 2.00. The lowest BCUT2D eigenvalue weighted by Crippen LogP contribution is -2.35. The normalized spacial score (nSPS) is 30.1. The van der Waals surface area contributed by atoms with E-state index in [1.54, 1.807) is 0 Å². The highest BCUT2D eigenvalue weighted by Gasteiger charge is 2.45. The molecule has 0 aromatic heterocycles.